The molecule has 3 N–H and O–H groups in total. The molecule has 0 aliphatic carbocycles. The average Bonchev–Trinajstić information content (AvgIpc) is 3.22. The monoisotopic (exact) mass is 453 g/mol. The fraction of sp³-hybridized carbons (Fsp3) is 0.276. The molecule has 0 radical (unpaired) electrons. The van der Waals surface area contributed by atoms with E-state index in [1.54, 1.807) is 6.07 Å². The zero-order valence-corrected chi connectivity index (χ0v) is 19.4. The first-order valence-corrected chi connectivity index (χ1v) is 12.1. The van der Waals surface area contributed by atoms with Crippen LogP contribution in [0.4, 0.5) is 0 Å². The number of nitrogens with one attached hydrogen (secondary N) is 2. The van der Waals surface area contributed by atoms with Crippen LogP contribution in [-0.4, -0.2) is 34.0 Å². The molecule has 5 rings (SSSR count). The molecule has 0 saturated heterocycles. The summed E-state index contributed by atoms with van der Waals surface area (Å²) in [5, 5.41) is 14.1. The average molecular weight is 454 g/mol. The van der Waals surface area contributed by atoms with Crippen molar-refractivity contribution in [1.29, 1.82) is 0 Å². The molecule has 1 aliphatic heterocycles. The molecule has 0 spiro atoms. The van der Waals surface area contributed by atoms with Crippen LogP contribution in [0.25, 0.3) is 10.9 Å². The molecule has 2 heterocycles. The molecule has 34 heavy (non-hydrogen) atoms. The van der Waals surface area contributed by atoms with E-state index in [-0.39, 0.29) is 11.7 Å². The molecule has 0 bridgehead atoms. The van der Waals surface area contributed by atoms with Crippen LogP contribution in [0.3, 0.4) is 0 Å². The Morgan fingerprint density at radius 2 is 1.82 bits per heavy atom. The number of aromatic amines is 1. The van der Waals surface area contributed by atoms with Gasteiger partial charge in [-0.1, -0.05) is 48.5 Å². The van der Waals surface area contributed by atoms with Crippen molar-refractivity contribution < 1.29 is 9.90 Å². The van der Waals surface area contributed by atoms with Crippen LogP contribution in [0.5, 0.6) is 5.75 Å². The van der Waals surface area contributed by atoms with Crippen LogP contribution in [0.15, 0.2) is 72.8 Å². The minimum absolute atomic E-state index is 0.00465. The quantitative estimate of drug-likeness (QED) is 0.322. The zero-order valence-electron chi connectivity index (χ0n) is 19.4. The number of carbonyl (C=O) groups is 1. The molecule has 5 heteroatoms. The first-order valence-electron chi connectivity index (χ1n) is 12.1. The highest BCUT2D eigenvalue weighted by molar-refractivity contribution is 5.95. The highest BCUT2D eigenvalue weighted by Gasteiger charge is 2.22. The summed E-state index contributed by atoms with van der Waals surface area (Å²) in [5.41, 5.74) is 6.71. The third-order valence-electron chi connectivity index (χ3n) is 6.71. The Labute approximate surface area is 200 Å². The van der Waals surface area contributed by atoms with Gasteiger partial charge in [-0.15, -0.1) is 0 Å². The van der Waals surface area contributed by atoms with Gasteiger partial charge in [-0.05, 0) is 60.2 Å². The van der Waals surface area contributed by atoms with Crippen LogP contribution in [-0.2, 0) is 25.9 Å². The Kier molecular flexibility index (Phi) is 6.63. The molecule has 1 aliphatic rings. The molecule has 0 fully saturated rings. The van der Waals surface area contributed by atoms with E-state index < -0.39 is 0 Å². The molecule has 0 atom stereocenters. The highest BCUT2D eigenvalue weighted by atomic mass is 16.3. The van der Waals surface area contributed by atoms with Crippen molar-refractivity contribution in [2.75, 3.05) is 13.1 Å². The normalized spacial score (nSPS) is 13.6. The van der Waals surface area contributed by atoms with Crippen molar-refractivity contribution in [2.24, 2.45) is 0 Å². The number of rotatable bonds is 8. The van der Waals surface area contributed by atoms with Gasteiger partial charge in [-0.2, -0.15) is 0 Å². The van der Waals surface area contributed by atoms with Crippen LogP contribution < -0.4 is 5.32 Å². The minimum Gasteiger partial charge on any atom is -0.508 e. The van der Waals surface area contributed by atoms with Crippen molar-refractivity contribution in [2.45, 2.75) is 38.8 Å². The number of nitrogens with zero attached hydrogens (tertiary/aromatic N) is 1. The number of hydrogen-bond donors (Lipinski definition) is 3. The lowest BCUT2D eigenvalue weighted by atomic mass is 10.0. The Bertz CT molecular complexity index is 1280. The van der Waals surface area contributed by atoms with E-state index in [0.29, 0.717) is 6.54 Å². The van der Waals surface area contributed by atoms with Crippen molar-refractivity contribution >= 4 is 16.8 Å². The maximum absolute atomic E-state index is 12.9. The molecule has 0 saturated carbocycles. The number of unbranched alkanes of at least 4 members (excludes halogenated alkanes) is 1. The maximum Gasteiger partial charge on any atom is 0.251 e. The van der Waals surface area contributed by atoms with Gasteiger partial charge in [0, 0.05) is 54.8 Å². The van der Waals surface area contributed by atoms with Crippen LogP contribution in [0.2, 0.25) is 0 Å². The molecule has 1 aromatic heterocycles. The minimum atomic E-state index is 0.00465. The van der Waals surface area contributed by atoms with Crippen molar-refractivity contribution in [3.63, 3.8) is 0 Å². The van der Waals surface area contributed by atoms with Crippen LogP contribution in [0.1, 0.15) is 45.6 Å². The van der Waals surface area contributed by atoms with E-state index in [9.17, 15) is 9.90 Å². The Hall–Kier alpha value is -3.57. The van der Waals surface area contributed by atoms with Gasteiger partial charge in [0.1, 0.15) is 5.75 Å². The molecule has 174 valence electrons. The number of amides is 1. The predicted molar refractivity (Wildman–Crippen MR) is 136 cm³/mol. The lowest BCUT2D eigenvalue weighted by molar-refractivity contribution is 0.0950. The number of phenols is 1. The summed E-state index contributed by atoms with van der Waals surface area (Å²) in [5.74, 6) is 0.294. The second-order valence-electron chi connectivity index (χ2n) is 9.13. The van der Waals surface area contributed by atoms with Gasteiger partial charge in [0.15, 0.2) is 0 Å². The summed E-state index contributed by atoms with van der Waals surface area (Å²) in [6, 6.07) is 23.9. The fourth-order valence-corrected chi connectivity index (χ4v) is 4.91. The third-order valence-corrected chi connectivity index (χ3v) is 6.71. The van der Waals surface area contributed by atoms with E-state index in [4.69, 9.17) is 0 Å². The molecule has 0 unspecified atom stereocenters. The first kappa shape index (κ1) is 22.2. The lowest BCUT2D eigenvalue weighted by Crippen LogP contribution is -2.31. The van der Waals surface area contributed by atoms with Gasteiger partial charge < -0.3 is 15.4 Å². The van der Waals surface area contributed by atoms with E-state index >= 15 is 0 Å². The van der Waals surface area contributed by atoms with Gasteiger partial charge in [-0.25, -0.2) is 0 Å². The van der Waals surface area contributed by atoms with Crippen LogP contribution in [0, 0.1) is 0 Å². The molecule has 3 aromatic carbocycles. The highest BCUT2D eigenvalue weighted by Crippen LogP contribution is 2.30. The fourth-order valence-electron chi connectivity index (χ4n) is 4.91. The topological polar surface area (TPSA) is 68.4 Å². The number of benzene rings is 3. The number of aromatic nitrogens is 1. The lowest BCUT2D eigenvalue weighted by Gasteiger charge is -2.27. The number of fused-ring (bicyclic) bond motifs is 3. The number of aromatic hydroxyl groups is 1. The van der Waals surface area contributed by atoms with E-state index in [2.05, 4.69) is 45.5 Å². The molecule has 5 nitrogen and oxygen atoms in total. The molecule has 4 aromatic rings. The number of hydrogen-bond acceptors (Lipinski definition) is 3. The second-order valence-corrected chi connectivity index (χ2v) is 9.13. The summed E-state index contributed by atoms with van der Waals surface area (Å²) in [6.45, 7) is 3.14. The standard InChI is InChI=1S/C29H31N3O2/c33-23-13-14-27-25(18-23)26-20-32(17-15-28(26)31-27)19-22-11-4-5-12-24(22)29(34)30-16-7-6-10-21-8-2-1-3-9-21/h1-5,8-9,11-14,18,31,33H,6-7,10,15-17,19-20H2,(H,30,34). The van der Waals surface area contributed by atoms with Crippen LogP contribution >= 0.6 is 0 Å². The van der Waals surface area contributed by atoms with Gasteiger partial charge in [-0.3, -0.25) is 9.69 Å². The molecule has 1 amide bonds. The SMILES string of the molecule is O=C(NCCCCc1ccccc1)c1ccccc1CN1CCc2[nH]c3ccc(O)cc3c2C1. The van der Waals surface area contributed by atoms with Gasteiger partial charge >= 0.3 is 0 Å². The maximum atomic E-state index is 12.9. The zero-order chi connectivity index (χ0) is 23.3. The molecular weight excluding hydrogens is 422 g/mol. The summed E-state index contributed by atoms with van der Waals surface area (Å²) >= 11 is 0. The summed E-state index contributed by atoms with van der Waals surface area (Å²) < 4.78 is 0. The van der Waals surface area contributed by atoms with Crippen molar-refractivity contribution in [1.82, 2.24) is 15.2 Å². The van der Waals surface area contributed by atoms with Gasteiger partial charge in [0.25, 0.3) is 5.91 Å². The second kappa shape index (κ2) is 10.1. The molecular formula is C29H31N3O2. The summed E-state index contributed by atoms with van der Waals surface area (Å²) in [7, 11) is 0. The van der Waals surface area contributed by atoms with Gasteiger partial charge in [0.2, 0.25) is 0 Å². The first-order chi connectivity index (χ1) is 16.7. The smallest absolute Gasteiger partial charge is 0.251 e. The number of carbonyl (C=O) groups excluding carboxylic acids is 1. The largest absolute Gasteiger partial charge is 0.508 e. The number of phenolic OH excluding ortho intramolecular Hbond substituents is 1. The Morgan fingerprint density at radius 1 is 1.00 bits per heavy atom. The third kappa shape index (κ3) is 5.00. The predicted octanol–water partition coefficient (Wildman–Crippen LogP) is 5.18. The Morgan fingerprint density at radius 3 is 2.71 bits per heavy atom. The summed E-state index contributed by atoms with van der Waals surface area (Å²) in [6.07, 6.45) is 3.99. The van der Waals surface area contributed by atoms with E-state index in [1.807, 2.05) is 36.4 Å². The van der Waals surface area contributed by atoms with Crippen molar-refractivity contribution in [3.8, 4) is 5.75 Å². The number of H-pyrrole nitrogens is 1. The van der Waals surface area contributed by atoms with E-state index in [1.165, 1.54) is 16.8 Å². The number of aryl methyl sites for hydroxylation is 1. The van der Waals surface area contributed by atoms with Gasteiger partial charge in [0.05, 0.1) is 0 Å². The van der Waals surface area contributed by atoms with E-state index in [0.717, 1.165) is 67.3 Å². The van der Waals surface area contributed by atoms with Crippen molar-refractivity contribution in [3.05, 3.63) is 101 Å². The summed E-state index contributed by atoms with van der Waals surface area (Å²) in [4.78, 5) is 18.8. The Balaban J connectivity index is 1.19.